The van der Waals surface area contributed by atoms with E-state index in [0.29, 0.717) is 29.6 Å². The molecule has 0 saturated carbocycles. The number of nitrogens with zero attached hydrogens (tertiary/aromatic N) is 5. The fourth-order valence-electron chi connectivity index (χ4n) is 3.88. The van der Waals surface area contributed by atoms with Crippen LogP contribution in [0.1, 0.15) is 16.5 Å². The SMILES string of the molecule is O=C(CSc1nnc(-c2cccnc2)n1Cc1ccccc1)N1CCS[C@H]1c1ccccc1F. The third-order valence-electron chi connectivity index (χ3n) is 5.53. The van der Waals surface area contributed by atoms with Crippen LogP contribution in [0.3, 0.4) is 0 Å². The van der Waals surface area contributed by atoms with Gasteiger partial charge in [-0.2, -0.15) is 0 Å². The molecule has 1 atom stereocenters. The van der Waals surface area contributed by atoms with Crippen LogP contribution in [0.4, 0.5) is 4.39 Å². The van der Waals surface area contributed by atoms with Crippen molar-refractivity contribution in [3.05, 3.63) is 96.1 Å². The Balaban J connectivity index is 1.36. The summed E-state index contributed by atoms with van der Waals surface area (Å²) in [5.74, 6) is 1.36. The summed E-state index contributed by atoms with van der Waals surface area (Å²) in [4.78, 5) is 19.1. The predicted molar refractivity (Wildman–Crippen MR) is 133 cm³/mol. The molecule has 1 fully saturated rings. The summed E-state index contributed by atoms with van der Waals surface area (Å²) in [6.45, 7) is 1.17. The van der Waals surface area contributed by atoms with Crippen LogP contribution in [0.25, 0.3) is 11.4 Å². The van der Waals surface area contributed by atoms with E-state index in [0.717, 1.165) is 16.9 Å². The number of thioether (sulfide) groups is 2. The Labute approximate surface area is 205 Å². The molecule has 0 bridgehead atoms. The third kappa shape index (κ3) is 4.85. The van der Waals surface area contributed by atoms with Crippen LogP contribution in [0.5, 0.6) is 0 Å². The zero-order valence-corrected chi connectivity index (χ0v) is 19.9. The van der Waals surface area contributed by atoms with Crippen LogP contribution in [-0.2, 0) is 11.3 Å². The van der Waals surface area contributed by atoms with Gasteiger partial charge in [0.2, 0.25) is 5.91 Å². The molecule has 1 aliphatic heterocycles. The first-order chi connectivity index (χ1) is 16.7. The molecule has 3 heterocycles. The predicted octanol–water partition coefficient (Wildman–Crippen LogP) is 4.89. The second-order valence-corrected chi connectivity index (χ2v) is 9.87. The van der Waals surface area contributed by atoms with Crippen LogP contribution in [0, 0.1) is 5.82 Å². The first-order valence-corrected chi connectivity index (χ1v) is 12.9. The molecule has 9 heteroatoms. The molecule has 0 N–H and O–H groups in total. The molecule has 1 saturated heterocycles. The van der Waals surface area contributed by atoms with Crippen LogP contribution in [0.15, 0.2) is 84.3 Å². The molecule has 172 valence electrons. The summed E-state index contributed by atoms with van der Waals surface area (Å²) >= 11 is 2.94. The van der Waals surface area contributed by atoms with Gasteiger partial charge in [0.25, 0.3) is 0 Å². The lowest BCUT2D eigenvalue weighted by Crippen LogP contribution is -2.32. The number of rotatable bonds is 7. The van der Waals surface area contributed by atoms with Crippen LogP contribution in [-0.4, -0.2) is 48.6 Å². The molecule has 6 nitrogen and oxygen atoms in total. The van der Waals surface area contributed by atoms with Crippen molar-refractivity contribution in [2.24, 2.45) is 0 Å². The minimum Gasteiger partial charge on any atom is -0.325 e. The first kappa shape index (κ1) is 22.6. The van der Waals surface area contributed by atoms with Crippen molar-refractivity contribution in [3.8, 4) is 11.4 Å². The molecule has 0 unspecified atom stereocenters. The van der Waals surface area contributed by atoms with E-state index >= 15 is 0 Å². The summed E-state index contributed by atoms with van der Waals surface area (Å²) in [7, 11) is 0. The van der Waals surface area contributed by atoms with Gasteiger partial charge in [-0.25, -0.2) is 4.39 Å². The second-order valence-electron chi connectivity index (χ2n) is 7.74. The zero-order valence-electron chi connectivity index (χ0n) is 18.3. The Morgan fingerprint density at radius 2 is 1.88 bits per heavy atom. The smallest absolute Gasteiger partial charge is 0.234 e. The minimum absolute atomic E-state index is 0.0413. The summed E-state index contributed by atoms with van der Waals surface area (Å²) in [5.41, 5.74) is 2.52. The molecular weight excluding hydrogens is 469 g/mol. The summed E-state index contributed by atoms with van der Waals surface area (Å²) in [6.07, 6.45) is 3.47. The van der Waals surface area contributed by atoms with Crippen molar-refractivity contribution >= 4 is 29.4 Å². The number of amides is 1. The summed E-state index contributed by atoms with van der Waals surface area (Å²) in [5, 5.41) is 9.15. The van der Waals surface area contributed by atoms with Crippen molar-refractivity contribution in [1.82, 2.24) is 24.6 Å². The highest BCUT2D eigenvalue weighted by molar-refractivity contribution is 8.00. The first-order valence-electron chi connectivity index (χ1n) is 10.9. The van der Waals surface area contributed by atoms with E-state index in [1.807, 2.05) is 47.0 Å². The van der Waals surface area contributed by atoms with Gasteiger partial charge in [-0.1, -0.05) is 60.3 Å². The van der Waals surface area contributed by atoms with Crippen LogP contribution >= 0.6 is 23.5 Å². The molecular formula is C25H22FN5OS2. The van der Waals surface area contributed by atoms with Crippen molar-refractivity contribution in [1.29, 1.82) is 0 Å². The number of halogens is 1. The van der Waals surface area contributed by atoms with E-state index in [4.69, 9.17) is 0 Å². The molecule has 34 heavy (non-hydrogen) atoms. The molecule has 0 aliphatic carbocycles. The number of pyridine rings is 1. The molecule has 1 amide bonds. The highest BCUT2D eigenvalue weighted by atomic mass is 32.2. The lowest BCUT2D eigenvalue weighted by atomic mass is 10.2. The zero-order chi connectivity index (χ0) is 23.3. The van der Waals surface area contributed by atoms with Gasteiger partial charge in [-0.15, -0.1) is 22.0 Å². The maximum Gasteiger partial charge on any atom is 0.234 e. The molecule has 2 aromatic heterocycles. The Morgan fingerprint density at radius 3 is 2.68 bits per heavy atom. The van der Waals surface area contributed by atoms with Gasteiger partial charge < -0.3 is 4.90 Å². The van der Waals surface area contributed by atoms with E-state index in [9.17, 15) is 9.18 Å². The maximum atomic E-state index is 14.4. The number of benzene rings is 2. The van der Waals surface area contributed by atoms with Crippen molar-refractivity contribution in [2.45, 2.75) is 17.1 Å². The van der Waals surface area contributed by atoms with Crippen molar-refractivity contribution in [3.63, 3.8) is 0 Å². The monoisotopic (exact) mass is 491 g/mol. The number of carbonyl (C=O) groups excluding carboxylic acids is 1. The molecule has 2 aromatic carbocycles. The fourth-order valence-corrected chi connectivity index (χ4v) is 6.00. The van der Waals surface area contributed by atoms with Gasteiger partial charge in [-0.3, -0.25) is 14.3 Å². The van der Waals surface area contributed by atoms with Crippen molar-refractivity contribution < 1.29 is 9.18 Å². The second kappa shape index (κ2) is 10.4. The molecule has 0 radical (unpaired) electrons. The number of hydrogen-bond donors (Lipinski definition) is 0. The quantitative estimate of drug-likeness (QED) is 0.343. The summed E-state index contributed by atoms with van der Waals surface area (Å²) in [6, 6.07) is 20.5. The number of carbonyl (C=O) groups is 1. The van der Waals surface area contributed by atoms with Gasteiger partial charge in [-0.05, 0) is 23.8 Å². The number of hydrogen-bond acceptors (Lipinski definition) is 6. The molecule has 1 aliphatic rings. The van der Waals surface area contributed by atoms with Crippen LogP contribution < -0.4 is 0 Å². The highest BCUT2D eigenvalue weighted by Crippen LogP contribution is 2.39. The van der Waals surface area contributed by atoms with Gasteiger partial charge in [0, 0.05) is 35.8 Å². The maximum absolute atomic E-state index is 14.4. The van der Waals surface area contributed by atoms with E-state index < -0.39 is 0 Å². The molecule has 4 aromatic rings. The fraction of sp³-hybridized carbons (Fsp3) is 0.200. The third-order valence-corrected chi connectivity index (χ3v) is 7.72. The largest absolute Gasteiger partial charge is 0.325 e. The average molecular weight is 492 g/mol. The lowest BCUT2D eigenvalue weighted by Gasteiger charge is -2.24. The summed E-state index contributed by atoms with van der Waals surface area (Å²) < 4.78 is 16.4. The van der Waals surface area contributed by atoms with Gasteiger partial charge in [0.05, 0.1) is 12.3 Å². The Morgan fingerprint density at radius 1 is 1.06 bits per heavy atom. The Hall–Kier alpha value is -3.17. The van der Waals surface area contributed by atoms with Crippen LogP contribution in [0.2, 0.25) is 0 Å². The highest BCUT2D eigenvalue weighted by Gasteiger charge is 2.32. The Bertz CT molecular complexity index is 1270. The topological polar surface area (TPSA) is 63.9 Å². The van der Waals surface area contributed by atoms with Gasteiger partial charge in [0.15, 0.2) is 11.0 Å². The average Bonchev–Trinajstić information content (AvgIpc) is 3.52. The van der Waals surface area contributed by atoms with Crippen molar-refractivity contribution in [2.75, 3.05) is 18.1 Å². The van der Waals surface area contributed by atoms with Gasteiger partial charge >= 0.3 is 0 Å². The molecule has 5 rings (SSSR count). The standard InChI is InChI=1S/C25H22FN5OS2/c26-21-11-5-4-10-20(21)24-30(13-14-33-24)22(32)17-34-25-29-28-23(19-9-6-12-27-15-19)31(25)16-18-7-2-1-3-8-18/h1-12,15,24H,13-14,16-17H2/t24-/m0/s1. The minimum atomic E-state index is -0.303. The van der Waals surface area contributed by atoms with E-state index in [2.05, 4.69) is 15.2 Å². The van der Waals surface area contributed by atoms with E-state index in [-0.39, 0.29) is 22.9 Å². The van der Waals surface area contributed by atoms with E-state index in [1.165, 1.54) is 17.8 Å². The van der Waals surface area contributed by atoms with Gasteiger partial charge in [0.1, 0.15) is 11.2 Å². The Kier molecular flexibility index (Phi) is 6.92. The molecule has 0 spiro atoms. The number of aromatic nitrogens is 4. The van der Waals surface area contributed by atoms with E-state index in [1.54, 1.807) is 47.3 Å². The lowest BCUT2D eigenvalue weighted by molar-refractivity contribution is -0.128. The normalized spacial score (nSPS) is 15.6.